The summed E-state index contributed by atoms with van der Waals surface area (Å²) in [4.78, 5) is 19.2. The second kappa shape index (κ2) is 8.72. The van der Waals surface area contributed by atoms with Crippen LogP contribution in [0.1, 0.15) is 48.0 Å². The van der Waals surface area contributed by atoms with Gasteiger partial charge in [-0.25, -0.2) is 4.39 Å². The first kappa shape index (κ1) is 23.3. The number of hydrogen-bond acceptors (Lipinski definition) is 6. The summed E-state index contributed by atoms with van der Waals surface area (Å²) < 4.78 is 18.9. The van der Waals surface area contributed by atoms with Gasteiger partial charge in [-0.3, -0.25) is 9.79 Å². The molecule has 2 aromatic heterocycles. The molecule has 1 aliphatic carbocycles. The zero-order valence-corrected chi connectivity index (χ0v) is 22.3. The average molecular weight is 557 g/mol. The molecule has 0 spiro atoms. The molecule has 0 N–H and O–H groups in total. The number of rotatable bonds is 4. The molecule has 0 amide bonds. The summed E-state index contributed by atoms with van der Waals surface area (Å²) in [5.41, 5.74) is 6.82. The van der Waals surface area contributed by atoms with Crippen molar-refractivity contribution in [2.75, 3.05) is 5.75 Å². The van der Waals surface area contributed by atoms with Crippen LogP contribution in [0.2, 0.25) is 5.02 Å². The molecule has 39 heavy (non-hydrogen) atoms. The van der Waals surface area contributed by atoms with Crippen LogP contribution in [0.25, 0.3) is 22.4 Å². The molecule has 0 saturated heterocycles. The van der Waals surface area contributed by atoms with E-state index in [9.17, 15) is 4.79 Å². The van der Waals surface area contributed by atoms with Crippen LogP contribution in [0, 0.1) is 11.7 Å². The van der Waals surface area contributed by atoms with E-state index in [2.05, 4.69) is 27.7 Å². The zero-order chi connectivity index (χ0) is 26.2. The third-order valence-electron chi connectivity index (χ3n) is 8.33. The highest BCUT2D eigenvalue weighted by molar-refractivity contribution is 7.99. The molecular formula is C29H22ClFN6OS. The van der Waals surface area contributed by atoms with Crippen LogP contribution < -0.4 is 5.56 Å². The van der Waals surface area contributed by atoms with E-state index >= 15 is 4.39 Å². The summed E-state index contributed by atoms with van der Waals surface area (Å²) in [6.07, 6.45) is 6.91. The molecule has 2 aromatic carbocycles. The minimum atomic E-state index is -0.127. The fraction of sp³-hybridized carbons (Fsp3) is 0.276. The highest BCUT2D eigenvalue weighted by Gasteiger charge is 2.54. The second-order valence-electron chi connectivity index (χ2n) is 10.6. The van der Waals surface area contributed by atoms with Gasteiger partial charge in [0, 0.05) is 57.1 Å². The molecule has 4 aliphatic rings. The molecule has 0 radical (unpaired) electrons. The molecule has 1 saturated carbocycles. The van der Waals surface area contributed by atoms with Gasteiger partial charge in [0.25, 0.3) is 5.56 Å². The molecule has 10 heteroatoms. The van der Waals surface area contributed by atoms with Crippen LogP contribution in [0.15, 0.2) is 69.7 Å². The molecule has 194 valence electrons. The van der Waals surface area contributed by atoms with Crippen LogP contribution in [-0.4, -0.2) is 36.2 Å². The van der Waals surface area contributed by atoms with Crippen LogP contribution in [-0.2, 0) is 6.42 Å². The normalized spacial score (nSPS) is 22.7. The lowest BCUT2D eigenvalue weighted by Gasteiger charge is -2.21. The van der Waals surface area contributed by atoms with Crippen molar-refractivity contribution in [1.29, 1.82) is 0 Å². The molecule has 3 aliphatic heterocycles. The van der Waals surface area contributed by atoms with Gasteiger partial charge >= 0.3 is 0 Å². The fourth-order valence-electron chi connectivity index (χ4n) is 6.47. The Kier molecular flexibility index (Phi) is 5.22. The quantitative estimate of drug-likeness (QED) is 0.314. The van der Waals surface area contributed by atoms with Crippen molar-refractivity contribution in [1.82, 2.24) is 24.8 Å². The highest BCUT2D eigenvalue weighted by atomic mass is 35.5. The first-order valence-corrected chi connectivity index (χ1v) is 14.4. The van der Waals surface area contributed by atoms with Gasteiger partial charge in [-0.2, -0.15) is 4.68 Å². The van der Waals surface area contributed by atoms with Gasteiger partial charge in [0.2, 0.25) is 0 Å². The van der Waals surface area contributed by atoms with Crippen LogP contribution in [0.4, 0.5) is 4.39 Å². The van der Waals surface area contributed by atoms with E-state index in [1.807, 2.05) is 22.8 Å². The maximum absolute atomic E-state index is 15.5. The first-order valence-electron chi connectivity index (χ1n) is 13.1. The number of pyridine rings is 1. The molecule has 1 fully saturated rings. The zero-order valence-electron chi connectivity index (χ0n) is 20.7. The molecule has 4 aromatic rings. The Morgan fingerprint density at radius 3 is 2.90 bits per heavy atom. The Balaban J connectivity index is 1.13. The number of thioether (sulfide) groups is 1. The number of fused-ring (bicyclic) bond motifs is 4. The van der Waals surface area contributed by atoms with Gasteiger partial charge in [0.05, 0.1) is 11.7 Å². The van der Waals surface area contributed by atoms with Crippen LogP contribution in [0.3, 0.4) is 0 Å². The van der Waals surface area contributed by atoms with Crippen LogP contribution >= 0.6 is 23.4 Å². The minimum Gasteiger partial charge on any atom is -0.303 e. The van der Waals surface area contributed by atoms with Crippen molar-refractivity contribution in [3.8, 4) is 16.8 Å². The molecule has 5 heterocycles. The Morgan fingerprint density at radius 2 is 2.03 bits per heavy atom. The van der Waals surface area contributed by atoms with Gasteiger partial charge in [0.1, 0.15) is 12.1 Å². The number of hydrogen-bond donors (Lipinski definition) is 0. The predicted molar refractivity (Wildman–Crippen MR) is 149 cm³/mol. The lowest BCUT2D eigenvalue weighted by molar-refractivity contribution is 0.582. The number of allylic oxidation sites excluding steroid dienone is 1. The minimum absolute atomic E-state index is 0.0742. The Bertz CT molecular complexity index is 1800. The smallest absolute Gasteiger partial charge is 0.251 e. The van der Waals surface area contributed by atoms with E-state index in [0.717, 1.165) is 69.3 Å². The van der Waals surface area contributed by atoms with E-state index in [0.29, 0.717) is 28.8 Å². The van der Waals surface area contributed by atoms with Gasteiger partial charge in [-0.15, -0.1) is 16.9 Å². The van der Waals surface area contributed by atoms with Crippen molar-refractivity contribution in [3.05, 3.63) is 93.0 Å². The highest BCUT2D eigenvalue weighted by Crippen LogP contribution is 2.60. The third-order valence-corrected chi connectivity index (χ3v) is 9.79. The standard InChI is InChI=1S/C29H22ClFN6OS/c30-18-4-6-24(36-14-33-34-35-36)20(11-18)16-9-25-21-12-22(21)28(37(25)26(38)10-16)23-8-17(13-32-23)19-5-3-15-2-1-7-39-29(15)27(19)31/h3-6,9-11,13-14,21-22,28H,1-2,7-8,12H2/t21-,22+,28+/m1/s1. The Hall–Kier alpha value is -3.56. The van der Waals surface area contributed by atoms with E-state index in [4.69, 9.17) is 16.6 Å². The molecule has 8 rings (SSSR count). The summed E-state index contributed by atoms with van der Waals surface area (Å²) in [6.45, 7) is 0. The number of benzene rings is 2. The van der Waals surface area contributed by atoms with Crippen molar-refractivity contribution >= 4 is 34.6 Å². The Labute approximate surface area is 232 Å². The summed E-state index contributed by atoms with van der Waals surface area (Å²) in [7, 11) is 0. The monoisotopic (exact) mass is 556 g/mol. The average Bonchev–Trinajstić information content (AvgIpc) is 3.28. The maximum Gasteiger partial charge on any atom is 0.251 e. The van der Waals surface area contributed by atoms with Gasteiger partial charge in [-0.05, 0) is 82.3 Å². The number of aromatic nitrogens is 5. The number of halogens is 2. The molecule has 0 unspecified atom stereocenters. The van der Waals surface area contributed by atoms with E-state index in [1.165, 1.54) is 6.33 Å². The fourth-order valence-corrected chi connectivity index (χ4v) is 7.73. The van der Waals surface area contributed by atoms with Crippen molar-refractivity contribution < 1.29 is 4.39 Å². The molecule has 7 nitrogen and oxygen atoms in total. The summed E-state index contributed by atoms with van der Waals surface area (Å²) >= 11 is 7.96. The van der Waals surface area contributed by atoms with E-state index in [-0.39, 0.29) is 17.4 Å². The number of aryl methyl sites for hydroxylation is 1. The molecular weight excluding hydrogens is 535 g/mol. The van der Waals surface area contributed by atoms with Crippen molar-refractivity contribution in [2.24, 2.45) is 10.9 Å². The lowest BCUT2D eigenvalue weighted by atomic mass is 9.96. The number of aliphatic imine (C=N–C) groups is 1. The van der Waals surface area contributed by atoms with E-state index in [1.54, 1.807) is 34.8 Å². The maximum atomic E-state index is 15.5. The van der Waals surface area contributed by atoms with Gasteiger partial charge < -0.3 is 4.57 Å². The number of tetrazole rings is 1. The van der Waals surface area contributed by atoms with E-state index < -0.39 is 0 Å². The first-order chi connectivity index (χ1) is 19.1. The summed E-state index contributed by atoms with van der Waals surface area (Å²) in [6, 6.07) is 13.1. The third kappa shape index (κ3) is 3.67. The SMILES string of the molecule is O=c1cc(-c2cc(Cl)ccc2-n2cnnn2)cc2n1[C@H](C1=NC=C(c3ccc4c(c3F)SCCC4)C1)[C@H]1C[C@@H]21. The Morgan fingerprint density at radius 1 is 1.10 bits per heavy atom. The summed E-state index contributed by atoms with van der Waals surface area (Å²) in [5, 5.41) is 12.1. The van der Waals surface area contributed by atoms with Crippen molar-refractivity contribution in [2.45, 2.75) is 42.5 Å². The topological polar surface area (TPSA) is 78.0 Å². The molecule has 0 bridgehead atoms. The second-order valence-corrected chi connectivity index (χ2v) is 12.1. The molecule has 3 atom stereocenters. The predicted octanol–water partition coefficient (Wildman–Crippen LogP) is 5.87. The van der Waals surface area contributed by atoms with Crippen molar-refractivity contribution in [3.63, 3.8) is 0 Å². The van der Waals surface area contributed by atoms with Gasteiger partial charge in [-0.1, -0.05) is 23.7 Å². The number of nitrogens with zero attached hydrogens (tertiary/aromatic N) is 6. The lowest BCUT2D eigenvalue weighted by Crippen LogP contribution is -2.29. The van der Waals surface area contributed by atoms with Crippen LogP contribution in [0.5, 0.6) is 0 Å². The largest absolute Gasteiger partial charge is 0.303 e. The van der Waals surface area contributed by atoms with Gasteiger partial charge in [0.15, 0.2) is 0 Å². The summed E-state index contributed by atoms with van der Waals surface area (Å²) in [5.74, 6) is 1.47.